The van der Waals surface area contributed by atoms with Crippen LogP contribution in [0.25, 0.3) is 0 Å². The lowest BCUT2D eigenvalue weighted by Crippen LogP contribution is -2.15. The molecule has 0 aliphatic carbocycles. The van der Waals surface area contributed by atoms with Gasteiger partial charge in [-0.15, -0.1) is 11.3 Å². The van der Waals surface area contributed by atoms with Crippen molar-refractivity contribution in [3.8, 4) is 0 Å². The third-order valence-corrected chi connectivity index (χ3v) is 3.89. The molecule has 16 heavy (non-hydrogen) atoms. The van der Waals surface area contributed by atoms with Crippen molar-refractivity contribution in [2.24, 2.45) is 5.73 Å². The normalized spacial score (nSPS) is 12.7. The quantitative estimate of drug-likeness (QED) is 0.883. The number of aryl methyl sites for hydroxylation is 2. The molecule has 0 saturated heterocycles. The van der Waals surface area contributed by atoms with Crippen molar-refractivity contribution >= 4 is 11.3 Å². The molecular weight excluding hydrogens is 216 g/mol. The van der Waals surface area contributed by atoms with Crippen molar-refractivity contribution in [1.82, 2.24) is 4.98 Å². The van der Waals surface area contributed by atoms with Crippen molar-refractivity contribution in [1.29, 1.82) is 0 Å². The molecule has 0 fully saturated rings. The van der Waals surface area contributed by atoms with Crippen LogP contribution in [0.15, 0.2) is 29.8 Å². The maximum atomic E-state index is 6.29. The molecule has 3 heteroatoms. The molecule has 0 aromatic carbocycles. The first-order chi connectivity index (χ1) is 7.74. The molecule has 0 bridgehead atoms. The second-order valence-electron chi connectivity index (χ2n) is 3.85. The van der Waals surface area contributed by atoms with Gasteiger partial charge in [0.25, 0.3) is 0 Å². The molecule has 0 saturated carbocycles. The summed E-state index contributed by atoms with van der Waals surface area (Å²) in [6.45, 7) is 4.23. The molecule has 1 unspecified atom stereocenters. The standard InChI is InChI=1S/C13H16N2S/c1-3-10-5-4-7-15-12(10)11(14)13-9(2)6-8-16-13/h4-8,11H,3,14H2,1-2H3. The van der Waals surface area contributed by atoms with E-state index in [9.17, 15) is 0 Å². The van der Waals surface area contributed by atoms with E-state index < -0.39 is 0 Å². The SMILES string of the molecule is CCc1cccnc1C(N)c1sccc1C. The van der Waals surface area contributed by atoms with Gasteiger partial charge in [0.2, 0.25) is 0 Å². The van der Waals surface area contributed by atoms with Crippen LogP contribution in [0.2, 0.25) is 0 Å². The number of pyridine rings is 1. The Balaban J connectivity index is 2.41. The average Bonchev–Trinajstić information content (AvgIpc) is 2.74. The first-order valence-electron chi connectivity index (χ1n) is 5.47. The molecule has 0 radical (unpaired) electrons. The second kappa shape index (κ2) is 4.76. The van der Waals surface area contributed by atoms with Gasteiger partial charge in [0.15, 0.2) is 0 Å². The molecule has 0 spiro atoms. The van der Waals surface area contributed by atoms with Crippen LogP contribution >= 0.6 is 11.3 Å². The van der Waals surface area contributed by atoms with Crippen LogP contribution in [0.1, 0.15) is 34.7 Å². The summed E-state index contributed by atoms with van der Waals surface area (Å²) in [6, 6.07) is 6.09. The molecule has 2 heterocycles. The van der Waals surface area contributed by atoms with Gasteiger partial charge in [-0.05, 0) is 42.0 Å². The van der Waals surface area contributed by atoms with Crippen molar-refractivity contribution in [2.75, 3.05) is 0 Å². The molecule has 84 valence electrons. The molecule has 1 atom stereocenters. The molecule has 2 nitrogen and oxygen atoms in total. The minimum Gasteiger partial charge on any atom is -0.318 e. The number of aromatic nitrogens is 1. The Bertz CT molecular complexity index is 476. The third kappa shape index (κ3) is 2.01. The lowest BCUT2D eigenvalue weighted by Gasteiger charge is -2.14. The topological polar surface area (TPSA) is 38.9 Å². The highest BCUT2D eigenvalue weighted by Crippen LogP contribution is 2.28. The van der Waals surface area contributed by atoms with Gasteiger partial charge in [-0.25, -0.2) is 0 Å². The van der Waals surface area contributed by atoms with Crippen LogP contribution < -0.4 is 5.73 Å². The fraction of sp³-hybridized carbons (Fsp3) is 0.308. The zero-order chi connectivity index (χ0) is 11.5. The van der Waals surface area contributed by atoms with E-state index in [2.05, 4.69) is 36.3 Å². The lowest BCUT2D eigenvalue weighted by molar-refractivity contribution is 0.816. The van der Waals surface area contributed by atoms with E-state index in [1.165, 1.54) is 16.0 Å². The Morgan fingerprint density at radius 2 is 2.25 bits per heavy atom. The van der Waals surface area contributed by atoms with Crippen LogP contribution in [0, 0.1) is 6.92 Å². The van der Waals surface area contributed by atoms with Crippen LogP contribution in [0.5, 0.6) is 0 Å². The van der Waals surface area contributed by atoms with Crippen LogP contribution in [-0.2, 0) is 6.42 Å². The number of thiophene rings is 1. The average molecular weight is 232 g/mol. The minimum atomic E-state index is -0.0869. The summed E-state index contributed by atoms with van der Waals surface area (Å²) in [5.41, 5.74) is 9.79. The van der Waals surface area contributed by atoms with E-state index in [4.69, 9.17) is 5.73 Å². The highest BCUT2D eigenvalue weighted by Gasteiger charge is 2.16. The van der Waals surface area contributed by atoms with Gasteiger partial charge in [-0.1, -0.05) is 13.0 Å². The van der Waals surface area contributed by atoms with Gasteiger partial charge in [0.05, 0.1) is 11.7 Å². The summed E-state index contributed by atoms with van der Waals surface area (Å²) < 4.78 is 0. The second-order valence-corrected chi connectivity index (χ2v) is 4.79. The summed E-state index contributed by atoms with van der Waals surface area (Å²) in [5.74, 6) is 0. The largest absolute Gasteiger partial charge is 0.318 e. The van der Waals surface area contributed by atoms with E-state index in [-0.39, 0.29) is 6.04 Å². The monoisotopic (exact) mass is 232 g/mol. The molecule has 0 amide bonds. The van der Waals surface area contributed by atoms with Crippen molar-refractivity contribution in [3.63, 3.8) is 0 Å². The Labute approximate surface area is 100 Å². The fourth-order valence-electron chi connectivity index (χ4n) is 1.86. The number of hydrogen-bond donors (Lipinski definition) is 1. The summed E-state index contributed by atoms with van der Waals surface area (Å²) >= 11 is 1.71. The summed E-state index contributed by atoms with van der Waals surface area (Å²) in [5, 5.41) is 2.08. The van der Waals surface area contributed by atoms with E-state index >= 15 is 0 Å². The summed E-state index contributed by atoms with van der Waals surface area (Å²) in [6.07, 6.45) is 2.79. The predicted octanol–water partition coefficient (Wildman–Crippen LogP) is 3.06. The van der Waals surface area contributed by atoms with Gasteiger partial charge in [-0.3, -0.25) is 4.98 Å². The van der Waals surface area contributed by atoms with Crippen molar-refractivity contribution in [3.05, 3.63) is 51.5 Å². The zero-order valence-corrected chi connectivity index (χ0v) is 10.4. The number of nitrogens with two attached hydrogens (primary N) is 1. The van der Waals surface area contributed by atoms with Crippen molar-refractivity contribution < 1.29 is 0 Å². The smallest absolute Gasteiger partial charge is 0.0825 e. The maximum absolute atomic E-state index is 6.29. The Morgan fingerprint density at radius 3 is 2.88 bits per heavy atom. The Hall–Kier alpha value is -1.19. The van der Waals surface area contributed by atoms with E-state index in [0.29, 0.717) is 0 Å². The highest BCUT2D eigenvalue weighted by molar-refractivity contribution is 7.10. The maximum Gasteiger partial charge on any atom is 0.0825 e. The molecule has 0 aliphatic rings. The van der Waals surface area contributed by atoms with Crippen LogP contribution in [-0.4, -0.2) is 4.98 Å². The van der Waals surface area contributed by atoms with E-state index in [1.807, 2.05) is 12.3 Å². The zero-order valence-electron chi connectivity index (χ0n) is 9.60. The molecule has 2 aromatic heterocycles. The van der Waals surface area contributed by atoms with Gasteiger partial charge >= 0.3 is 0 Å². The van der Waals surface area contributed by atoms with Crippen molar-refractivity contribution in [2.45, 2.75) is 26.3 Å². The fourth-order valence-corrected chi connectivity index (χ4v) is 2.79. The van der Waals surface area contributed by atoms with E-state index in [1.54, 1.807) is 11.3 Å². The first-order valence-corrected chi connectivity index (χ1v) is 6.35. The molecule has 2 N–H and O–H groups in total. The predicted molar refractivity (Wildman–Crippen MR) is 68.7 cm³/mol. The summed E-state index contributed by atoms with van der Waals surface area (Å²) in [4.78, 5) is 5.64. The molecule has 0 aliphatic heterocycles. The van der Waals surface area contributed by atoms with Gasteiger partial charge in [0.1, 0.15) is 0 Å². The van der Waals surface area contributed by atoms with Crippen LogP contribution in [0.4, 0.5) is 0 Å². The van der Waals surface area contributed by atoms with Gasteiger partial charge < -0.3 is 5.73 Å². The van der Waals surface area contributed by atoms with Crippen LogP contribution in [0.3, 0.4) is 0 Å². The van der Waals surface area contributed by atoms with Gasteiger partial charge in [-0.2, -0.15) is 0 Å². The number of rotatable bonds is 3. The molecular formula is C13H16N2S. The molecule has 2 rings (SSSR count). The number of hydrogen-bond acceptors (Lipinski definition) is 3. The minimum absolute atomic E-state index is 0.0869. The van der Waals surface area contributed by atoms with Gasteiger partial charge in [0, 0.05) is 11.1 Å². The Morgan fingerprint density at radius 1 is 1.44 bits per heavy atom. The lowest BCUT2D eigenvalue weighted by atomic mass is 10.0. The third-order valence-electron chi connectivity index (χ3n) is 2.79. The molecule has 2 aromatic rings. The number of nitrogens with zero attached hydrogens (tertiary/aromatic N) is 1. The Kier molecular flexibility index (Phi) is 3.36. The highest BCUT2D eigenvalue weighted by atomic mass is 32.1. The first kappa shape index (κ1) is 11.3. The summed E-state index contributed by atoms with van der Waals surface area (Å²) in [7, 11) is 0. The van der Waals surface area contributed by atoms with E-state index in [0.717, 1.165) is 12.1 Å².